The Bertz CT molecular complexity index is 350. The van der Waals surface area contributed by atoms with Crippen LogP contribution < -0.4 is 5.32 Å². The fourth-order valence-corrected chi connectivity index (χ4v) is 3.92. The van der Waals surface area contributed by atoms with E-state index in [4.69, 9.17) is 0 Å². The molecule has 0 radical (unpaired) electrons. The van der Waals surface area contributed by atoms with Crippen molar-refractivity contribution in [3.63, 3.8) is 0 Å². The number of carbonyl (C=O) groups is 2. The van der Waals surface area contributed by atoms with Crippen LogP contribution in [0.4, 0.5) is 0 Å². The third kappa shape index (κ3) is 5.33. The lowest BCUT2D eigenvalue weighted by Crippen LogP contribution is -2.37. The molecule has 1 amide bonds. The summed E-state index contributed by atoms with van der Waals surface area (Å²) in [5, 5.41) is 12.2. The van der Waals surface area contributed by atoms with Crippen molar-refractivity contribution < 1.29 is 14.7 Å². The summed E-state index contributed by atoms with van der Waals surface area (Å²) in [6.07, 6.45) is 11.9. The van der Waals surface area contributed by atoms with Crippen molar-refractivity contribution in [3.8, 4) is 0 Å². The smallest absolute Gasteiger partial charge is 0.306 e. The molecule has 0 heterocycles. The number of amides is 1. The summed E-state index contributed by atoms with van der Waals surface area (Å²) in [4.78, 5) is 23.2. The van der Waals surface area contributed by atoms with Crippen LogP contribution in [0.3, 0.4) is 0 Å². The predicted octanol–water partition coefficient (Wildman–Crippen LogP) is 3.35. The molecule has 4 nitrogen and oxygen atoms in total. The number of nitrogens with one attached hydrogen (secondary N) is 1. The van der Waals surface area contributed by atoms with Crippen LogP contribution in [0.15, 0.2) is 0 Å². The Morgan fingerprint density at radius 2 is 1.62 bits per heavy atom. The van der Waals surface area contributed by atoms with Gasteiger partial charge in [0.2, 0.25) is 5.91 Å². The molecule has 0 aromatic heterocycles. The molecule has 0 aromatic carbocycles. The first-order valence-corrected chi connectivity index (χ1v) is 8.66. The number of carboxylic acid groups (broad SMARTS) is 1. The van der Waals surface area contributed by atoms with Crippen molar-refractivity contribution in [2.45, 2.75) is 70.6 Å². The Morgan fingerprint density at radius 1 is 0.952 bits per heavy atom. The van der Waals surface area contributed by atoms with Crippen LogP contribution in [0.1, 0.15) is 70.6 Å². The van der Waals surface area contributed by atoms with E-state index in [9.17, 15) is 14.7 Å². The highest BCUT2D eigenvalue weighted by molar-refractivity contribution is 5.76. The monoisotopic (exact) mass is 295 g/mol. The predicted molar refractivity (Wildman–Crippen MR) is 81.9 cm³/mol. The molecule has 120 valence electrons. The zero-order valence-corrected chi connectivity index (χ0v) is 13.0. The van der Waals surface area contributed by atoms with E-state index in [2.05, 4.69) is 5.32 Å². The second-order valence-corrected chi connectivity index (χ2v) is 6.84. The highest BCUT2D eigenvalue weighted by Crippen LogP contribution is 2.30. The van der Waals surface area contributed by atoms with Crippen LogP contribution >= 0.6 is 0 Å². The zero-order chi connectivity index (χ0) is 15.1. The van der Waals surface area contributed by atoms with Gasteiger partial charge < -0.3 is 10.4 Å². The van der Waals surface area contributed by atoms with Gasteiger partial charge in [-0.1, -0.05) is 44.9 Å². The number of aliphatic carboxylic acids is 1. The van der Waals surface area contributed by atoms with E-state index in [1.165, 1.54) is 32.1 Å². The first kappa shape index (κ1) is 16.3. The van der Waals surface area contributed by atoms with Crippen LogP contribution in [-0.2, 0) is 9.59 Å². The van der Waals surface area contributed by atoms with Crippen molar-refractivity contribution in [1.29, 1.82) is 0 Å². The van der Waals surface area contributed by atoms with Crippen molar-refractivity contribution in [2.24, 2.45) is 17.8 Å². The SMILES string of the molecule is O=C(CCC1CCCCC1)NCC1CCCCC1C(=O)O. The molecule has 4 heteroatoms. The number of carboxylic acids is 1. The first-order chi connectivity index (χ1) is 10.2. The lowest BCUT2D eigenvalue weighted by atomic mass is 9.79. The van der Waals surface area contributed by atoms with Crippen LogP contribution in [0.2, 0.25) is 0 Å². The fraction of sp³-hybridized carbons (Fsp3) is 0.882. The summed E-state index contributed by atoms with van der Waals surface area (Å²) in [5.41, 5.74) is 0. The van der Waals surface area contributed by atoms with Crippen molar-refractivity contribution in [1.82, 2.24) is 5.32 Å². The molecule has 21 heavy (non-hydrogen) atoms. The Hall–Kier alpha value is -1.06. The zero-order valence-electron chi connectivity index (χ0n) is 13.0. The Morgan fingerprint density at radius 3 is 2.33 bits per heavy atom. The third-order valence-electron chi connectivity index (χ3n) is 5.29. The van der Waals surface area contributed by atoms with Crippen LogP contribution in [-0.4, -0.2) is 23.5 Å². The van der Waals surface area contributed by atoms with Gasteiger partial charge >= 0.3 is 5.97 Å². The third-order valence-corrected chi connectivity index (χ3v) is 5.29. The molecular weight excluding hydrogens is 266 g/mol. The number of hydrogen-bond donors (Lipinski definition) is 2. The van der Waals surface area contributed by atoms with E-state index in [1.54, 1.807) is 0 Å². The molecule has 2 fully saturated rings. The van der Waals surface area contributed by atoms with Gasteiger partial charge in [-0.3, -0.25) is 9.59 Å². The van der Waals surface area contributed by atoms with E-state index < -0.39 is 5.97 Å². The molecule has 2 N–H and O–H groups in total. The summed E-state index contributed by atoms with van der Waals surface area (Å²) in [6, 6.07) is 0. The highest BCUT2D eigenvalue weighted by atomic mass is 16.4. The molecule has 0 aromatic rings. The van der Waals surface area contributed by atoms with E-state index in [-0.39, 0.29) is 17.7 Å². The molecular formula is C17H29NO3. The highest BCUT2D eigenvalue weighted by Gasteiger charge is 2.30. The van der Waals surface area contributed by atoms with Crippen LogP contribution in [0.25, 0.3) is 0 Å². The van der Waals surface area contributed by atoms with E-state index in [0.29, 0.717) is 13.0 Å². The molecule has 0 saturated heterocycles. The molecule has 2 rings (SSSR count). The molecule has 0 aliphatic heterocycles. The second kappa shape index (κ2) is 8.40. The van der Waals surface area contributed by atoms with Gasteiger partial charge in [0.05, 0.1) is 5.92 Å². The maximum Gasteiger partial charge on any atom is 0.306 e. The molecule has 0 bridgehead atoms. The van der Waals surface area contributed by atoms with Crippen molar-refractivity contribution >= 4 is 11.9 Å². The molecule has 0 spiro atoms. The van der Waals surface area contributed by atoms with E-state index in [1.807, 2.05) is 0 Å². The minimum absolute atomic E-state index is 0.107. The number of hydrogen-bond acceptors (Lipinski definition) is 2. The summed E-state index contributed by atoms with van der Waals surface area (Å²) in [7, 11) is 0. The standard InChI is InChI=1S/C17H29NO3/c19-16(11-10-13-6-2-1-3-7-13)18-12-14-8-4-5-9-15(14)17(20)21/h13-15H,1-12H2,(H,18,19)(H,20,21). The Balaban J connectivity index is 1.66. The van der Waals surface area contributed by atoms with Gasteiger partial charge in [0.1, 0.15) is 0 Å². The minimum Gasteiger partial charge on any atom is -0.481 e. The normalized spacial score (nSPS) is 27.2. The number of rotatable bonds is 6. The quantitative estimate of drug-likeness (QED) is 0.789. The van der Waals surface area contributed by atoms with Crippen LogP contribution in [0.5, 0.6) is 0 Å². The minimum atomic E-state index is -0.698. The molecule has 2 aliphatic rings. The fourth-order valence-electron chi connectivity index (χ4n) is 3.92. The molecule has 2 saturated carbocycles. The van der Waals surface area contributed by atoms with Gasteiger partial charge in [0.15, 0.2) is 0 Å². The molecule has 2 aliphatic carbocycles. The summed E-state index contributed by atoms with van der Waals surface area (Å²) < 4.78 is 0. The lowest BCUT2D eigenvalue weighted by Gasteiger charge is -2.28. The maximum atomic E-state index is 11.9. The average Bonchev–Trinajstić information content (AvgIpc) is 2.52. The average molecular weight is 295 g/mol. The lowest BCUT2D eigenvalue weighted by molar-refractivity contribution is -0.145. The van der Waals surface area contributed by atoms with Gasteiger partial charge in [0, 0.05) is 13.0 Å². The van der Waals surface area contributed by atoms with Crippen molar-refractivity contribution in [3.05, 3.63) is 0 Å². The second-order valence-electron chi connectivity index (χ2n) is 6.84. The first-order valence-electron chi connectivity index (χ1n) is 8.66. The summed E-state index contributed by atoms with van der Waals surface area (Å²) >= 11 is 0. The number of carbonyl (C=O) groups excluding carboxylic acids is 1. The van der Waals surface area contributed by atoms with Gasteiger partial charge in [-0.25, -0.2) is 0 Å². The van der Waals surface area contributed by atoms with Gasteiger partial charge in [-0.05, 0) is 31.1 Å². The Kier molecular flexibility index (Phi) is 6.52. The maximum absolute atomic E-state index is 11.9. The van der Waals surface area contributed by atoms with Gasteiger partial charge in [-0.2, -0.15) is 0 Å². The summed E-state index contributed by atoms with van der Waals surface area (Å²) in [6.45, 7) is 0.542. The molecule has 2 unspecified atom stereocenters. The van der Waals surface area contributed by atoms with Crippen LogP contribution in [0, 0.1) is 17.8 Å². The Labute approximate surface area is 127 Å². The summed E-state index contributed by atoms with van der Waals surface area (Å²) in [5.74, 6) is -0.00957. The van der Waals surface area contributed by atoms with Crippen molar-refractivity contribution in [2.75, 3.05) is 6.54 Å². The van der Waals surface area contributed by atoms with E-state index >= 15 is 0 Å². The molecule has 2 atom stereocenters. The topological polar surface area (TPSA) is 66.4 Å². The van der Waals surface area contributed by atoms with E-state index in [0.717, 1.165) is 38.0 Å². The van der Waals surface area contributed by atoms with Gasteiger partial charge in [-0.15, -0.1) is 0 Å². The largest absolute Gasteiger partial charge is 0.481 e. The van der Waals surface area contributed by atoms with Gasteiger partial charge in [0.25, 0.3) is 0 Å².